The van der Waals surface area contributed by atoms with Crippen LogP contribution in [0.1, 0.15) is 24.2 Å². The standard InChI is InChI=1S/C15H15FO3/c1-10(18)15-13(16)3-2-4-14(15)19-12-7-5-11(9-17)6-8-12/h2-8,10,17-18H,9H2,1H3/t10-/m1/s1. The summed E-state index contributed by atoms with van der Waals surface area (Å²) in [6.45, 7) is 1.44. The third-order valence-corrected chi connectivity index (χ3v) is 2.76. The second-order valence-electron chi connectivity index (χ2n) is 4.23. The maximum atomic E-state index is 13.6. The molecule has 0 spiro atoms. The summed E-state index contributed by atoms with van der Waals surface area (Å²) in [6, 6.07) is 11.2. The van der Waals surface area contributed by atoms with Gasteiger partial charge in [0, 0.05) is 0 Å². The zero-order valence-electron chi connectivity index (χ0n) is 10.5. The summed E-state index contributed by atoms with van der Waals surface area (Å²) in [6.07, 6.45) is -0.951. The number of hydrogen-bond acceptors (Lipinski definition) is 3. The van der Waals surface area contributed by atoms with E-state index >= 15 is 0 Å². The van der Waals surface area contributed by atoms with E-state index in [4.69, 9.17) is 9.84 Å². The zero-order valence-corrected chi connectivity index (χ0v) is 10.5. The molecule has 100 valence electrons. The summed E-state index contributed by atoms with van der Waals surface area (Å²) >= 11 is 0. The van der Waals surface area contributed by atoms with Crippen LogP contribution < -0.4 is 4.74 Å². The SMILES string of the molecule is C[C@@H](O)c1c(F)cccc1Oc1ccc(CO)cc1. The molecular weight excluding hydrogens is 247 g/mol. The normalized spacial score (nSPS) is 12.2. The molecule has 0 saturated carbocycles. The molecule has 0 bridgehead atoms. The molecule has 2 aromatic carbocycles. The monoisotopic (exact) mass is 262 g/mol. The van der Waals surface area contributed by atoms with Crippen molar-refractivity contribution in [2.75, 3.05) is 0 Å². The maximum absolute atomic E-state index is 13.6. The molecule has 1 atom stereocenters. The van der Waals surface area contributed by atoms with E-state index in [2.05, 4.69) is 0 Å². The van der Waals surface area contributed by atoms with E-state index in [1.807, 2.05) is 0 Å². The fraction of sp³-hybridized carbons (Fsp3) is 0.200. The lowest BCUT2D eigenvalue weighted by molar-refractivity contribution is 0.190. The van der Waals surface area contributed by atoms with Crippen LogP contribution in [-0.4, -0.2) is 10.2 Å². The summed E-state index contributed by atoms with van der Waals surface area (Å²) in [5.74, 6) is 0.302. The summed E-state index contributed by atoms with van der Waals surface area (Å²) < 4.78 is 19.2. The Hall–Kier alpha value is -1.91. The Bertz CT molecular complexity index is 550. The van der Waals surface area contributed by atoms with E-state index in [1.165, 1.54) is 19.1 Å². The van der Waals surface area contributed by atoms with Crippen LogP contribution in [0.2, 0.25) is 0 Å². The molecule has 2 N–H and O–H groups in total. The van der Waals surface area contributed by atoms with Crippen molar-refractivity contribution in [3.63, 3.8) is 0 Å². The van der Waals surface area contributed by atoms with Crippen LogP contribution in [0, 0.1) is 5.82 Å². The fourth-order valence-electron chi connectivity index (χ4n) is 1.80. The molecule has 0 aromatic heterocycles. The number of hydrogen-bond donors (Lipinski definition) is 2. The molecule has 4 heteroatoms. The molecule has 0 fully saturated rings. The molecule has 0 aliphatic carbocycles. The average Bonchev–Trinajstić information content (AvgIpc) is 2.39. The van der Waals surface area contributed by atoms with Gasteiger partial charge in [0.05, 0.1) is 18.3 Å². The number of aliphatic hydroxyl groups is 2. The minimum absolute atomic E-state index is 0.0425. The van der Waals surface area contributed by atoms with Gasteiger partial charge in [-0.3, -0.25) is 0 Å². The van der Waals surface area contributed by atoms with Crippen LogP contribution in [0.4, 0.5) is 4.39 Å². The average molecular weight is 262 g/mol. The van der Waals surface area contributed by atoms with Crippen molar-refractivity contribution in [2.45, 2.75) is 19.6 Å². The van der Waals surface area contributed by atoms with Gasteiger partial charge in [-0.05, 0) is 36.8 Å². The van der Waals surface area contributed by atoms with Gasteiger partial charge in [-0.25, -0.2) is 4.39 Å². The number of halogens is 1. The van der Waals surface area contributed by atoms with Gasteiger partial charge in [0.25, 0.3) is 0 Å². The van der Waals surface area contributed by atoms with Crippen molar-refractivity contribution in [2.24, 2.45) is 0 Å². The van der Waals surface area contributed by atoms with Gasteiger partial charge in [-0.2, -0.15) is 0 Å². The van der Waals surface area contributed by atoms with Crippen molar-refractivity contribution in [3.8, 4) is 11.5 Å². The fourth-order valence-corrected chi connectivity index (χ4v) is 1.80. The Morgan fingerprint density at radius 3 is 2.42 bits per heavy atom. The smallest absolute Gasteiger partial charge is 0.136 e. The Labute approximate surface area is 110 Å². The van der Waals surface area contributed by atoms with E-state index in [-0.39, 0.29) is 17.9 Å². The molecule has 2 aromatic rings. The maximum Gasteiger partial charge on any atom is 0.136 e. The topological polar surface area (TPSA) is 49.7 Å². The van der Waals surface area contributed by atoms with Gasteiger partial charge in [-0.1, -0.05) is 18.2 Å². The molecule has 0 unspecified atom stereocenters. The first kappa shape index (κ1) is 13.5. The van der Waals surface area contributed by atoms with Gasteiger partial charge in [0.1, 0.15) is 17.3 Å². The van der Waals surface area contributed by atoms with Gasteiger partial charge >= 0.3 is 0 Å². The second kappa shape index (κ2) is 5.82. The third kappa shape index (κ3) is 3.10. The Morgan fingerprint density at radius 1 is 1.16 bits per heavy atom. The molecule has 0 aliphatic rings. The molecular formula is C15H15FO3. The molecule has 19 heavy (non-hydrogen) atoms. The molecule has 0 saturated heterocycles. The summed E-state index contributed by atoms with van der Waals surface area (Å²) in [4.78, 5) is 0. The van der Waals surface area contributed by atoms with Crippen LogP contribution in [0.3, 0.4) is 0 Å². The highest BCUT2D eigenvalue weighted by atomic mass is 19.1. The van der Waals surface area contributed by atoms with Crippen LogP contribution in [0.25, 0.3) is 0 Å². The highest BCUT2D eigenvalue weighted by Gasteiger charge is 2.15. The van der Waals surface area contributed by atoms with Crippen LogP contribution in [0.5, 0.6) is 11.5 Å². The Balaban J connectivity index is 2.29. The van der Waals surface area contributed by atoms with Crippen molar-refractivity contribution >= 4 is 0 Å². The first-order valence-corrected chi connectivity index (χ1v) is 5.96. The van der Waals surface area contributed by atoms with Gasteiger partial charge < -0.3 is 14.9 Å². The lowest BCUT2D eigenvalue weighted by Crippen LogP contribution is -1.99. The minimum atomic E-state index is -0.951. The molecule has 0 radical (unpaired) electrons. The predicted molar refractivity (Wildman–Crippen MR) is 69.5 cm³/mol. The number of aliphatic hydroxyl groups excluding tert-OH is 2. The first-order valence-electron chi connectivity index (χ1n) is 5.96. The summed E-state index contributed by atoms with van der Waals surface area (Å²) in [5.41, 5.74) is 0.899. The number of rotatable bonds is 4. The minimum Gasteiger partial charge on any atom is -0.457 e. The van der Waals surface area contributed by atoms with E-state index in [0.29, 0.717) is 5.75 Å². The van der Waals surface area contributed by atoms with Gasteiger partial charge in [-0.15, -0.1) is 0 Å². The number of benzene rings is 2. The highest BCUT2D eigenvalue weighted by Crippen LogP contribution is 2.31. The van der Waals surface area contributed by atoms with E-state index in [0.717, 1.165) is 5.56 Å². The van der Waals surface area contributed by atoms with Crippen molar-refractivity contribution < 1.29 is 19.3 Å². The third-order valence-electron chi connectivity index (χ3n) is 2.76. The van der Waals surface area contributed by atoms with Crippen LogP contribution >= 0.6 is 0 Å². The summed E-state index contributed by atoms with van der Waals surface area (Å²) in [7, 11) is 0. The zero-order chi connectivity index (χ0) is 13.8. The number of ether oxygens (including phenoxy) is 1. The van der Waals surface area contributed by atoms with E-state index < -0.39 is 11.9 Å². The van der Waals surface area contributed by atoms with Crippen molar-refractivity contribution in [1.82, 2.24) is 0 Å². The van der Waals surface area contributed by atoms with Crippen LogP contribution in [-0.2, 0) is 6.61 Å². The molecule has 0 heterocycles. The Morgan fingerprint density at radius 2 is 1.84 bits per heavy atom. The molecule has 2 rings (SSSR count). The van der Waals surface area contributed by atoms with Crippen LogP contribution in [0.15, 0.2) is 42.5 Å². The van der Waals surface area contributed by atoms with E-state index in [1.54, 1.807) is 30.3 Å². The summed E-state index contributed by atoms with van der Waals surface area (Å²) in [5, 5.41) is 18.5. The first-order chi connectivity index (χ1) is 9.11. The van der Waals surface area contributed by atoms with Crippen molar-refractivity contribution in [3.05, 3.63) is 59.4 Å². The second-order valence-corrected chi connectivity index (χ2v) is 4.23. The largest absolute Gasteiger partial charge is 0.457 e. The molecule has 0 amide bonds. The lowest BCUT2D eigenvalue weighted by Gasteiger charge is -2.14. The predicted octanol–water partition coefficient (Wildman–Crippen LogP) is 3.16. The Kier molecular flexibility index (Phi) is 4.14. The quantitative estimate of drug-likeness (QED) is 0.889. The van der Waals surface area contributed by atoms with E-state index in [9.17, 15) is 9.50 Å². The van der Waals surface area contributed by atoms with Crippen molar-refractivity contribution in [1.29, 1.82) is 0 Å². The molecule has 0 aliphatic heterocycles. The lowest BCUT2D eigenvalue weighted by atomic mass is 10.1. The van der Waals surface area contributed by atoms with Gasteiger partial charge in [0.15, 0.2) is 0 Å². The van der Waals surface area contributed by atoms with Gasteiger partial charge in [0.2, 0.25) is 0 Å². The molecule has 3 nitrogen and oxygen atoms in total. The highest BCUT2D eigenvalue weighted by molar-refractivity contribution is 5.40.